The van der Waals surface area contributed by atoms with Crippen LogP contribution in [0, 0.1) is 0 Å². The van der Waals surface area contributed by atoms with Gasteiger partial charge in [-0.2, -0.15) is 0 Å². The molecule has 0 atom stereocenters. The molecule has 2 aromatic carbocycles. The molecule has 0 saturated heterocycles. The van der Waals surface area contributed by atoms with E-state index in [-0.39, 0.29) is 10.8 Å². The van der Waals surface area contributed by atoms with E-state index in [1.54, 1.807) is 35.2 Å². The van der Waals surface area contributed by atoms with Gasteiger partial charge in [0.25, 0.3) is 0 Å². The molecule has 1 heterocycles. The van der Waals surface area contributed by atoms with Crippen LogP contribution in [0.1, 0.15) is 25.0 Å². The Morgan fingerprint density at radius 1 is 1.08 bits per heavy atom. The molecule has 24 heavy (non-hydrogen) atoms. The molecule has 1 amide bonds. The van der Waals surface area contributed by atoms with Crippen molar-refractivity contribution in [3.05, 3.63) is 53.6 Å². The zero-order chi connectivity index (χ0) is 17.7. The second-order valence-corrected chi connectivity index (χ2v) is 8.72. The lowest BCUT2D eigenvalue weighted by Gasteiger charge is -2.20. The molecular weight excluding hydrogens is 324 g/mol. The Bertz CT molecular complexity index is 916. The Morgan fingerprint density at radius 2 is 1.71 bits per heavy atom. The van der Waals surface area contributed by atoms with Gasteiger partial charge in [0.05, 0.1) is 16.9 Å². The highest BCUT2D eigenvalue weighted by molar-refractivity contribution is 7.90. The Labute approximate surface area is 142 Å². The van der Waals surface area contributed by atoms with Crippen LogP contribution in [0.2, 0.25) is 0 Å². The fraction of sp³-hybridized carbons (Fsp3) is 0.278. The van der Waals surface area contributed by atoms with Crippen molar-refractivity contribution in [1.29, 1.82) is 0 Å². The van der Waals surface area contributed by atoms with Gasteiger partial charge in [-0.1, -0.05) is 12.1 Å². The molecule has 5 nitrogen and oxygen atoms in total. The number of rotatable bonds is 3. The quantitative estimate of drug-likeness (QED) is 0.868. The van der Waals surface area contributed by atoms with Crippen molar-refractivity contribution in [3.8, 4) is 0 Å². The van der Waals surface area contributed by atoms with Crippen LogP contribution in [0.15, 0.2) is 47.4 Å². The summed E-state index contributed by atoms with van der Waals surface area (Å²) in [4.78, 5) is 14.8. The average molecular weight is 344 g/mol. The van der Waals surface area contributed by atoms with E-state index < -0.39 is 15.3 Å². The number of hydrogen-bond donors (Lipinski definition) is 1. The molecule has 126 valence electrons. The summed E-state index contributed by atoms with van der Waals surface area (Å²) in [6.45, 7) is 4.17. The summed E-state index contributed by atoms with van der Waals surface area (Å²) in [5.41, 5.74) is 8.51. The molecule has 0 spiro atoms. The van der Waals surface area contributed by atoms with Crippen molar-refractivity contribution in [2.45, 2.75) is 30.7 Å². The summed E-state index contributed by atoms with van der Waals surface area (Å²) in [6.07, 6.45) is 1.18. The van der Waals surface area contributed by atoms with E-state index in [0.717, 1.165) is 16.8 Å². The molecule has 1 aliphatic rings. The summed E-state index contributed by atoms with van der Waals surface area (Å²) in [7, 11) is -3.22. The number of carbonyl (C=O) groups is 1. The lowest BCUT2D eigenvalue weighted by Crippen LogP contribution is -2.35. The van der Waals surface area contributed by atoms with Gasteiger partial charge >= 0.3 is 0 Å². The van der Waals surface area contributed by atoms with E-state index in [1.165, 1.54) is 6.26 Å². The zero-order valence-electron chi connectivity index (χ0n) is 13.9. The molecule has 2 aromatic rings. The smallest absolute Gasteiger partial charge is 0.237 e. The first-order chi connectivity index (χ1) is 11.1. The standard InChI is InChI=1S/C18H20N2O3S/c1-18(2)15-10-13(19)6-9-16(15)20(17(18)21)11-12-4-7-14(8-5-12)24(3,22)23/h4-10H,11,19H2,1-3H3. The molecule has 1 aliphatic heterocycles. The first-order valence-corrected chi connectivity index (χ1v) is 9.51. The maximum atomic E-state index is 12.8. The van der Waals surface area contributed by atoms with Crippen LogP contribution in [0.4, 0.5) is 11.4 Å². The molecule has 0 fully saturated rings. The van der Waals surface area contributed by atoms with Gasteiger partial charge in [0.2, 0.25) is 5.91 Å². The van der Waals surface area contributed by atoms with E-state index in [1.807, 2.05) is 26.0 Å². The van der Waals surface area contributed by atoms with Gasteiger partial charge in [-0.3, -0.25) is 4.79 Å². The fourth-order valence-electron chi connectivity index (χ4n) is 3.03. The summed E-state index contributed by atoms with van der Waals surface area (Å²) in [5, 5.41) is 0. The lowest BCUT2D eigenvalue weighted by molar-refractivity contribution is -0.122. The van der Waals surface area contributed by atoms with Crippen molar-refractivity contribution < 1.29 is 13.2 Å². The molecule has 0 aromatic heterocycles. The second-order valence-electron chi connectivity index (χ2n) is 6.71. The van der Waals surface area contributed by atoms with Crippen LogP contribution in [0.25, 0.3) is 0 Å². The molecule has 0 aliphatic carbocycles. The molecule has 0 radical (unpaired) electrons. The molecule has 2 N–H and O–H groups in total. The largest absolute Gasteiger partial charge is 0.399 e. The third-order valence-corrected chi connectivity index (χ3v) is 5.59. The molecular formula is C18H20N2O3S. The lowest BCUT2D eigenvalue weighted by atomic mass is 9.86. The van der Waals surface area contributed by atoms with E-state index >= 15 is 0 Å². The minimum Gasteiger partial charge on any atom is -0.399 e. The van der Waals surface area contributed by atoms with Crippen molar-refractivity contribution in [2.75, 3.05) is 16.9 Å². The number of anilines is 2. The third-order valence-electron chi connectivity index (χ3n) is 4.46. The van der Waals surface area contributed by atoms with Gasteiger partial charge in [0.15, 0.2) is 9.84 Å². The number of amides is 1. The van der Waals surface area contributed by atoms with E-state index in [4.69, 9.17) is 5.73 Å². The first-order valence-electron chi connectivity index (χ1n) is 7.61. The number of fused-ring (bicyclic) bond motifs is 1. The average Bonchev–Trinajstić information content (AvgIpc) is 2.68. The van der Waals surface area contributed by atoms with Gasteiger partial charge in [-0.05, 0) is 55.3 Å². The second kappa shape index (κ2) is 5.34. The highest BCUT2D eigenvalue weighted by atomic mass is 32.2. The predicted molar refractivity (Wildman–Crippen MR) is 94.6 cm³/mol. The molecule has 6 heteroatoms. The number of hydrogen-bond acceptors (Lipinski definition) is 4. The number of nitrogen functional groups attached to an aromatic ring is 1. The van der Waals surface area contributed by atoms with Gasteiger partial charge in [-0.25, -0.2) is 8.42 Å². The first kappa shape index (κ1) is 16.5. The maximum Gasteiger partial charge on any atom is 0.237 e. The van der Waals surface area contributed by atoms with E-state index in [2.05, 4.69) is 0 Å². The SMILES string of the molecule is CC1(C)C(=O)N(Cc2ccc(S(C)(=O)=O)cc2)c2ccc(N)cc21. The predicted octanol–water partition coefficient (Wildman–Crippen LogP) is 2.50. The monoisotopic (exact) mass is 344 g/mol. The van der Waals surface area contributed by atoms with Crippen LogP contribution >= 0.6 is 0 Å². The van der Waals surface area contributed by atoms with Gasteiger partial charge in [-0.15, -0.1) is 0 Å². The van der Waals surface area contributed by atoms with Crippen molar-refractivity contribution in [3.63, 3.8) is 0 Å². The summed E-state index contributed by atoms with van der Waals surface area (Å²) in [6, 6.07) is 12.1. The molecule has 0 saturated carbocycles. The highest BCUT2D eigenvalue weighted by Gasteiger charge is 2.43. The van der Waals surface area contributed by atoms with Crippen LogP contribution < -0.4 is 10.6 Å². The van der Waals surface area contributed by atoms with Crippen LogP contribution in [0.3, 0.4) is 0 Å². The summed E-state index contributed by atoms with van der Waals surface area (Å²) in [5.74, 6) is 0.00953. The molecule has 0 bridgehead atoms. The Hall–Kier alpha value is -2.34. The van der Waals surface area contributed by atoms with Crippen molar-refractivity contribution >= 4 is 27.1 Å². The van der Waals surface area contributed by atoms with E-state index in [9.17, 15) is 13.2 Å². The normalized spacial score (nSPS) is 16.3. The minimum absolute atomic E-state index is 0.00953. The number of benzene rings is 2. The van der Waals surface area contributed by atoms with Crippen LogP contribution in [-0.2, 0) is 26.6 Å². The van der Waals surface area contributed by atoms with E-state index in [0.29, 0.717) is 12.2 Å². The molecule has 3 rings (SSSR count). The third kappa shape index (κ3) is 2.67. The topological polar surface area (TPSA) is 80.5 Å². The summed E-state index contributed by atoms with van der Waals surface area (Å²) < 4.78 is 23.1. The Kier molecular flexibility index (Phi) is 3.68. The maximum absolute atomic E-state index is 12.8. The van der Waals surface area contributed by atoms with Crippen LogP contribution in [-0.4, -0.2) is 20.6 Å². The number of nitrogens with zero attached hydrogens (tertiary/aromatic N) is 1. The number of sulfone groups is 1. The Balaban J connectivity index is 1.95. The minimum atomic E-state index is -3.22. The Morgan fingerprint density at radius 3 is 2.29 bits per heavy atom. The number of carbonyl (C=O) groups excluding carboxylic acids is 1. The van der Waals surface area contributed by atoms with Crippen molar-refractivity contribution in [1.82, 2.24) is 0 Å². The number of nitrogens with two attached hydrogens (primary N) is 1. The van der Waals surface area contributed by atoms with Gasteiger partial charge < -0.3 is 10.6 Å². The van der Waals surface area contributed by atoms with Crippen molar-refractivity contribution in [2.24, 2.45) is 0 Å². The summed E-state index contributed by atoms with van der Waals surface area (Å²) >= 11 is 0. The molecule has 0 unspecified atom stereocenters. The zero-order valence-corrected chi connectivity index (χ0v) is 14.7. The highest BCUT2D eigenvalue weighted by Crippen LogP contribution is 2.43. The van der Waals surface area contributed by atoms with Gasteiger partial charge in [0.1, 0.15) is 0 Å². The van der Waals surface area contributed by atoms with Crippen LogP contribution in [0.5, 0.6) is 0 Å². The fourth-order valence-corrected chi connectivity index (χ4v) is 3.66. The van der Waals surface area contributed by atoms with Gasteiger partial charge in [0, 0.05) is 17.6 Å².